The Bertz CT molecular complexity index is 1210. The molecule has 2 N–H and O–H groups in total. The van der Waals surface area contributed by atoms with E-state index in [1.54, 1.807) is 18.2 Å². The summed E-state index contributed by atoms with van der Waals surface area (Å²) in [5.41, 5.74) is 7.89. The van der Waals surface area contributed by atoms with E-state index >= 15 is 0 Å². The maximum Gasteiger partial charge on any atom is 0.416 e. The number of nitrogen functional groups attached to an aromatic ring is 1. The zero-order valence-electron chi connectivity index (χ0n) is 17.6. The van der Waals surface area contributed by atoms with Crippen molar-refractivity contribution in [1.82, 2.24) is 9.97 Å². The molecule has 7 nitrogen and oxygen atoms in total. The molecule has 2 aromatic carbocycles. The number of rotatable bonds is 7. The molecule has 1 aromatic heterocycles. The smallest absolute Gasteiger partial charge is 0.416 e. The molecule has 0 amide bonds. The molecule has 0 aliphatic carbocycles. The number of nitrogens with zero attached hydrogens (tertiary/aromatic N) is 4. The molecule has 1 aliphatic heterocycles. The van der Waals surface area contributed by atoms with Crippen molar-refractivity contribution in [1.29, 1.82) is 0 Å². The number of halogens is 3. The molecule has 0 fully saturated rings. The number of alkyl halides is 3. The lowest BCUT2D eigenvalue weighted by atomic mass is 10.00. The largest absolute Gasteiger partial charge is 0.464 e. The molecule has 170 valence electrons. The topological polar surface area (TPSA) is 95.0 Å². The minimum Gasteiger partial charge on any atom is -0.464 e. The number of benzene rings is 2. The third-order valence-corrected chi connectivity index (χ3v) is 4.73. The number of hydrogen-bond donors (Lipinski definition) is 1. The lowest BCUT2D eigenvalue weighted by Crippen LogP contribution is -2.09. The van der Waals surface area contributed by atoms with Crippen LogP contribution >= 0.6 is 0 Å². The molecule has 33 heavy (non-hydrogen) atoms. The molecule has 1 aliphatic rings. The van der Waals surface area contributed by atoms with E-state index < -0.39 is 11.7 Å². The van der Waals surface area contributed by atoms with Crippen molar-refractivity contribution in [2.45, 2.75) is 25.9 Å². The molecule has 4 rings (SSSR count). The molecule has 0 radical (unpaired) electrons. The van der Waals surface area contributed by atoms with Crippen LogP contribution in [0.2, 0.25) is 0 Å². The second-order valence-electron chi connectivity index (χ2n) is 7.24. The van der Waals surface area contributed by atoms with Crippen molar-refractivity contribution >= 4 is 17.2 Å². The Morgan fingerprint density at radius 2 is 1.79 bits per heavy atom. The number of anilines is 1. The van der Waals surface area contributed by atoms with Gasteiger partial charge in [0.05, 0.1) is 23.6 Å². The van der Waals surface area contributed by atoms with Crippen LogP contribution in [0.4, 0.5) is 19.0 Å². The van der Waals surface area contributed by atoms with Gasteiger partial charge in [-0.2, -0.15) is 33.3 Å². The minimum atomic E-state index is -4.37. The second-order valence-corrected chi connectivity index (χ2v) is 7.24. The Kier molecular flexibility index (Phi) is 6.25. The quantitative estimate of drug-likeness (QED) is 0.537. The van der Waals surface area contributed by atoms with E-state index in [4.69, 9.17) is 15.2 Å². The molecule has 2 heterocycles. The summed E-state index contributed by atoms with van der Waals surface area (Å²) < 4.78 is 49.8. The molecule has 10 heteroatoms. The van der Waals surface area contributed by atoms with E-state index in [1.165, 1.54) is 12.1 Å². The molecule has 0 saturated carbocycles. The Labute approximate surface area is 187 Å². The molecule has 0 atom stereocenters. The van der Waals surface area contributed by atoms with Crippen molar-refractivity contribution in [3.63, 3.8) is 0 Å². The van der Waals surface area contributed by atoms with E-state index in [0.29, 0.717) is 36.5 Å². The van der Waals surface area contributed by atoms with Gasteiger partial charge in [-0.3, -0.25) is 0 Å². The maximum absolute atomic E-state index is 12.9. The summed E-state index contributed by atoms with van der Waals surface area (Å²) in [5, 5.41) is 8.36. The van der Waals surface area contributed by atoms with Gasteiger partial charge in [0.1, 0.15) is 11.6 Å². The summed E-state index contributed by atoms with van der Waals surface area (Å²) in [4.78, 5) is 8.11. The van der Waals surface area contributed by atoms with E-state index in [2.05, 4.69) is 20.2 Å². The third kappa shape index (κ3) is 5.65. The summed E-state index contributed by atoms with van der Waals surface area (Å²) in [7, 11) is 0. The Balaban J connectivity index is 1.38. The van der Waals surface area contributed by atoms with Crippen LogP contribution in [-0.4, -0.2) is 28.0 Å². The number of nitrogens with two attached hydrogens (primary N) is 1. The van der Waals surface area contributed by atoms with E-state index in [9.17, 15) is 13.2 Å². The molecule has 0 spiro atoms. The van der Waals surface area contributed by atoms with Gasteiger partial charge >= 0.3 is 12.2 Å². The van der Waals surface area contributed by atoms with Crippen LogP contribution in [0.5, 0.6) is 17.6 Å². The lowest BCUT2D eigenvalue weighted by molar-refractivity contribution is -0.137. The summed E-state index contributed by atoms with van der Waals surface area (Å²) in [5.74, 6) is 1.01. The molecule has 3 aromatic rings. The second kappa shape index (κ2) is 9.27. The van der Waals surface area contributed by atoms with Crippen molar-refractivity contribution < 1.29 is 22.6 Å². The summed E-state index contributed by atoms with van der Waals surface area (Å²) in [6, 6.07) is 14.0. The van der Waals surface area contributed by atoms with Gasteiger partial charge in [-0.15, -0.1) is 0 Å². The van der Waals surface area contributed by atoms with Crippen molar-refractivity contribution in [2.24, 2.45) is 10.2 Å². The fourth-order valence-electron chi connectivity index (χ4n) is 3.25. The average Bonchev–Trinajstić information content (AvgIpc) is 3.22. The van der Waals surface area contributed by atoms with E-state index in [1.807, 2.05) is 19.1 Å². The van der Waals surface area contributed by atoms with Crippen molar-refractivity contribution in [3.8, 4) is 17.6 Å². The first-order chi connectivity index (χ1) is 15.8. The van der Waals surface area contributed by atoms with Crippen LogP contribution in [0, 0.1) is 0 Å². The third-order valence-electron chi connectivity index (χ3n) is 4.73. The summed E-state index contributed by atoms with van der Waals surface area (Å²) in [6.07, 6.45) is -3.62. The summed E-state index contributed by atoms with van der Waals surface area (Å²) >= 11 is 0. The molecule has 0 saturated heterocycles. The maximum atomic E-state index is 12.9. The number of hydrogen-bond acceptors (Lipinski definition) is 7. The number of ether oxygens (including phenoxy) is 2. The molecular formula is C23H20F3N5O2. The van der Waals surface area contributed by atoms with Crippen LogP contribution in [-0.2, 0) is 12.6 Å². The predicted molar refractivity (Wildman–Crippen MR) is 118 cm³/mol. The van der Waals surface area contributed by atoms with Crippen LogP contribution in [0.25, 0.3) is 0 Å². The van der Waals surface area contributed by atoms with Crippen LogP contribution in [0.1, 0.15) is 30.0 Å². The van der Waals surface area contributed by atoms with Crippen LogP contribution in [0.3, 0.4) is 0 Å². The minimum absolute atomic E-state index is 0.134. The standard InChI is InChI=1S/C23H20F3N5O2/c1-2-32-22-28-20(27)13-21(29-22)33-18-8-6-15(7-9-18)19-12-17(30-31-19)11-14-4-3-5-16(10-14)23(24,25)26/h3-10,13H,2,11-12H2,1H3,(H2,27,28,29). The highest BCUT2D eigenvalue weighted by Gasteiger charge is 2.30. The zero-order chi connectivity index (χ0) is 23.4. The van der Waals surface area contributed by atoms with Gasteiger partial charge in [-0.1, -0.05) is 18.2 Å². The highest BCUT2D eigenvalue weighted by atomic mass is 19.4. The fraction of sp³-hybridized carbons (Fsp3) is 0.217. The first-order valence-electron chi connectivity index (χ1n) is 10.1. The van der Waals surface area contributed by atoms with Crippen molar-refractivity contribution in [3.05, 3.63) is 71.3 Å². The SMILES string of the molecule is CCOc1nc(N)cc(Oc2ccc(C3=NN=C(Cc4cccc(C(F)(F)F)c4)C3)cc2)n1. The molecular weight excluding hydrogens is 435 g/mol. The van der Waals surface area contributed by atoms with Gasteiger partial charge in [-0.05, 0) is 48.4 Å². The highest BCUT2D eigenvalue weighted by Crippen LogP contribution is 2.30. The number of aromatic nitrogens is 2. The fourth-order valence-corrected chi connectivity index (χ4v) is 3.25. The highest BCUT2D eigenvalue weighted by molar-refractivity contribution is 6.15. The van der Waals surface area contributed by atoms with Crippen LogP contribution < -0.4 is 15.2 Å². The van der Waals surface area contributed by atoms with Gasteiger partial charge < -0.3 is 15.2 Å². The molecule has 0 unspecified atom stereocenters. The Morgan fingerprint density at radius 3 is 2.52 bits per heavy atom. The average molecular weight is 455 g/mol. The Morgan fingerprint density at radius 1 is 1.00 bits per heavy atom. The summed E-state index contributed by atoms with van der Waals surface area (Å²) in [6.45, 7) is 2.21. The van der Waals surface area contributed by atoms with Gasteiger partial charge in [0, 0.05) is 18.9 Å². The van der Waals surface area contributed by atoms with Gasteiger partial charge in [0.25, 0.3) is 0 Å². The van der Waals surface area contributed by atoms with Crippen molar-refractivity contribution in [2.75, 3.05) is 12.3 Å². The lowest BCUT2D eigenvalue weighted by Gasteiger charge is -2.09. The normalized spacial score (nSPS) is 13.5. The first kappa shape index (κ1) is 22.3. The first-order valence-corrected chi connectivity index (χ1v) is 10.1. The van der Waals surface area contributed by atoms with E-state index in [0.717, 1.165) is 23.4 Å². The van der Waals surface area contributed by atoms with Gasteiger partial charge in [0.15, 0.2) is 0 Å². The van der Waals surface area contributed by atoms with Gasteiger partial charge in [-0.25, -0.2) is 0 Å². The molecule has 0 bridgehead atoms. The zero-order valence-corrected chi connectivity index (χ0v) is 17.6. The van der Waals surface area contributed by atoms with E-state index in [-0.39, 0.29) is 17.7 Å². The predicted octanol–water partition coefficient (Wildman–Crippen LogP) is 5.06. The van der Waals surface area contributed by atoms with Gasteiger partial charge in [0.2, 0.25) is 5.88 Å². The Hall–Kier alpha value is -3.95. The van der Waals surface area contributed by atoms with Crippen LogP contribution in [0.15, 0.2) is 64.8 Å². The monoisotopic (exact) mass is 455 g/mol.